The largest absolute Gasteiger partial charge is 0.280 e. The van der Waals surface area contributed by atoms with E-state index in [1.54, 1.807) is 38.4 Å². The number of benzene rings is 2. The van der Waals surface area contributed by atoms with Crippen molar-refractivity contribution < 1.29 is 16.8 Å². The minimum absolute atomic E-state index is 0.0337. The van der Waals surface area contributed by atoms with Crippen LogP contribution in [0.15, 0.2) is 70.5 Å². The zero-order valence-electron chi connectivity index (χ0n) is 19.5. The zero-order valence-corrected chi connectivity index (χ0v) is 21.1. The van der Waals surface area contributed by atoms with Gasteiger partial charge in [0.1, 0.15) is 4.90 Å². The number of hydrogen-bond donors (Lipinski definition) is 2. The maximum Gasteiger partial charge on any atom is 0.265 e. The van der Waals surface area contributed by atoms with E-state index in [9.17, 15) is 16.8 Å². The topological polar surface area (TPSA) is 136 Å². The first kappa shape index (κ1) is 24.4. The molecule has 12 heteroatoms. The summed E-state index contributed by atoms with van der Waals surface area (Å²) in [4.78, 5) is 8.17. The van der Waals surface area contributed by atoms with E-state index >= 15 is 0 Å². The Morgan fingerprint density at radius 2 is 1.34 bits per heavy atom. The van der Waals surface area contributed by atoms with Gasteiger partial charge in [0, 0.05) is 17.1 Å². The van der Waals surface area contributed by atoms with Crippen molar-refractivity contribution in [1.29, 1.82) is 0 Å². The molecule has 2 aromatic carbocycles. The fourth-order valence-electron chi connectivity index (χ4n) is 3.70. The second-order valence-electron chi connectivity index (χ2n) is 7.96. The number of aromatic nitrogens is 4. The molecule has 0 radical (unpaired) electrons. The summed E-state index contributed by atoms with van der Waals surface area (Å²) in [7, 11) is -7.95. The molecule has 2 heterocycles. The highest BCUT2D eigenvalue weighted by atomic mass is 32.2. The Labute approximate surface area is 204 Å². The highest BCUT2D eigenvalue weighted by Gasteiger charge is 2.25. The van der Waals surface area contributed by atoms with E-state index < -0.39 is 20.0 Å². The van der Waals surface area contributed by atoms with Gasteiger partial charge >= 0.3 is 0 Å². The molecule has 0 aliphatic rings. The molecule has 0 unspecified atom stereocenters. The molecule has 2 N–H and O–H groups in total. The molecule has 10 nitrogen and oxygen atoms in total. The minimum Gasteiger partial charge on any atom is -0.280 e. The lowest BCUT2D eigenvalue weighted by molar-refractivity contribution is 0.599. The number of rotatable bonds is 7. The quantitative estimate of drug-likeness (QED) is 0.387. The van der Waals surface area contributed by atoms with E-state index in [1.165, 1.54) is 24.3 Å². The first-order valence-electron chi connectivity index (χ1n) is 10.6. The first-order valence-corrected chi connectivity index (χ1v) is 13.5. The Bertz CT molecular complexity index is 1580. The molecule has 0 atom stereocenters. The molecular formula is C23H24N6O4S2. The van der Waals surface area contributed by atoms with Crippen molar-refractivity contribution >= 4 is 31.7 Å². The Hall–Kier alpha value is -3.77. The van der Waals surface area contributed by atoms with Gasteiger partial charge in [-0.3, -0.25) is 4.72 Å². The Morgan fingerprint density at radius 3 is 1.94 bits per heavy atom. The average Bonchev–Trinajstić information content (AvgIpc) is 3.08. The van der Waals surface area contributed by atoms with Gasteiger partial charge in [-0.25, -0.2) is 36.2 Å². The fourth-order valence-corrected chi connectivity index (χ4v) is 6.09. The average molecular weight is 513 g/mol. The van der Waals surface area contributed by atoms with Gasteiger partial charge in [-0.2, -0.15) is 5.10 Å². The molecule has 0 spiro atoms. The lowest BCUT2D eigenvalue weighted by Gasteiger charge is -2.11. The lowest BCUT2D eigenvalue weighted by Crippen LogP contribution is -2.17. The second kappa shape index (κ2) is 9.12. The molecular weight excluding hydrogens is 488 g/mol. The third kappa shape index (κ3) is 5.17. The third-order valence-corrected chi connectivity index (χ3v) is 8.10. The summed E-state index contributed by atoms with van der Waals surface area (Å²) in [6, 6.07) is 16.3. The van der Waals surface area contributed by atoms with Crippen LogP contribution >= 0.6 is 0 Å². The van der Waals surface area contributed by atoms with E-state index in [-0.39, 0.29) is 21.4 Å². The maximum absolute atomic E-state index is 13.2. The van der Waals surface area contributed by atoms with Crippen LogP contribution in [0.5, 0.6) is 0 Å². The highest BCUT2D eigenvalue weighted by molar-refractivity contribution is 7.93. The third-order valence-electron chi connectivity index (χ3n) is 5.12. The number of nitrogens with one attached hydrogen (secondary N) is 2. The van der Waals surface area contributed by atoms with Gasteiger partial charge in [-0.05, 0) is 70.2 Å². The maximum atomic E-state index is 13.2. The van der Waals surface area contributed by atoms with Crippen LogP contribution in [0.3, 0.4) is 0 Å². The molecule has 0 amide bonds. The smallest absolute Gasteiger partial charge is 0.265 e. The summed E-state index contributed by atoms with van der Waals surface area (Å²) in [5.74, 6) is -0.0337. The van der Waals surface area contributed by atoms with Crippen LogP contribution in [0.4, 0.5) is 11.6 Å². The summed E-state index contributed by atoms with van der Waals surface area (Å²) in [5, 5.41) is 4.38. The van der Waals surface area contributed by atoms with E-state index in [2.05, 4.69) is 24.5 Å². The van der Waals surface area contributed by atoms with Crippen LogP contribution in [-0.4, -0.2) is 36.6 Å². The van der Waals surface area contributed by atoms with Gasteiger partial charge in [0.15, 0.2) is 0 Å². The Balaban J connectivity index is 1.57. The summed E-state index contributed by atoms with van der Waals surface area (Å²) in [6.45, 7) is 6.77. The highest BCUT2D eigenvalue weighted by Crippen LogP contribution is 2.25. The molecule has 0 saturated carbocycles. The van der Waals surface area contributed by atoms with Crippen molar-refractivity contribution in [2.45, 2.75) is 37.5 Å². The SMILES string of the molecule is Cc1cc(C)nc(NS(=O)(=O)c2ccc(NS(=O)(=O)c3c(C)nn(-c4ccccc4)c3C)cc2)n1. The van der Waals surface area contributed by atoms with Gasteiger partial charge < -0.3 is 0 Å². The zero-order chi connectivity index (χ0) is 25.4. The normalized spacial score (nSPS) is 11.9. The van der Waals surface area contributed by atoms with Crippen LogP contribution < -0.4 is 9.44 Å². The number of sulfonamides is 2. The van der Waals surface area contributed by atoms with Crippen molar-refractivity contribution in [3.8, 4) is 5.69 Å². The number of nitrogens with zero attached hydrogens (tertiary/aromatic N) is 4. The molecule has 4 rings (SSSR count). The summed E-state index contributed by atoms with van der Waals surface area (Å²) >= 11 is 0. The van der Waals surface area contributed by atoms with E-state index in [0.717, 1.165) is 5.69 Å². The van der Waals surface area contributed by atoms with Gasteiger partial charge in [0.25, 0.3) is 20.0 Å². The number of para-hydroxylation sites is 1. The Kier molecular flexibility index (Phi) is 6.34. The van der Waals surface area contributed by atoms with Crippen molar-refractivity contribution in [3.63, 3.8) is 0 Å². The summed E-state index contributed by atoms with van der Waals surface area (Å²) < 4.78 is 58.2. The molecule has 35 heavy (non-hydrogen) atoms. The number of anilines is 2. The molecule has 0 aliphatic heterocycles. The molecule has 0 saturated heterocycles. The molecule has 0 aliphatic carbocycles. The summed E-state index contributed by atoms with van der Waals surface area (Å²) in [5.41, 5.74) is 3.00. The first-order chi connectivity index (χ1) is 16.5. The van der Waals surface area contributed by atoms with E-state index in [1.807, 2.05) is 30.3 Å². The minimum atomic E-state index is -3.99. The van der Waals surface area contributed by atoms with Crippen LogP contribution in [0, 0.1) is 27.7 Å². The van der Waals surface area contributed by atoms with E-state index in [0.29, 0.717) is 22.8 Å². The molecule has 0 bridgehead atoms. The fraction of sp³-hybridized carbons (Fsp3) is 0.174. The van der Waals surface area contributed by atoms with Crippen LogP contribution in [-0.2, 0) is 20.0 Å². The van der Waals surface area contributed by atoms with Crippen molar-refractivity contribution in [2.75, 3.05) is 9.44 Å². The number of hydrogen-bond acceptors (Lipinski definition) is 7. The van der Waals surface area contributed by atoms with Crippen LogP contribution in [0.1, 0.15) is 22.8 Å². The Morgan fingerprint density at radius 1 is 0.743 bits per heavy atom. The van der Waals surface area contributed by atoms with Crippen molar-refractivity contribution in [3.05, 3.63) is 83.4 Å². The van der Waals surface area contributed by atoms with Crippen molar-refractivity contribution in [2.24, 2.45) is 0 Å². The van der Waals surface area contributed by atoms with Crippen LogP contribution in [0.2, 0.25) is 0 Å². The predicted molar refractivity (Wildman–Crippen MR) is 133 cm³/mol. The van der Waals surface area contributed by atoms with Crippen molar-refractivity contribution in [1.82, 2.24) is 19.7 Å². The van der Waals surface area contributed by atoms with E-state index in [4.69, 9.17) is 0 Å². The molecule has 182 valence electrons. The second-order valence-corrected chi connectivity index (χ2v) is 11.3. The van der Waals surface area contributed by atoms with Crippen LogP contribution in [0.25, 0.3) is 5.69 Å². The lowest BCUT2D eigenvalue weighted by atomic mass is 10.3. The monoisotopic (exact) mass is 512 g/mol. The predicted octanol–water partition coefficient (Wildman–Crippen LogP) is 3.50. The number of aryl methyl sites for hydroxylation is 3. The van der Waals surface area contributed by atoms with Gasteiger partial charge in [0.05, 0.1) is 22.0 Å². The van der Waals surface area contributed by atoms with Gasteiger partial charge in [0.2, 0.25) is 5.95 Å². The molecule has 0 fully saturated rings. The standard InChI is InChI=1S/C23H24N6O4S2/c1-15-14-16(2)25-23(24-15)28-34(30,31)21-12-10-19(11-13-21)27-35(32,33)22-17(3)26-29(18(22)4)20-8-6-5-7-9-20/h5-14,27H,1-4H3,(H,24,25,28). The van der Waals surface area contributed by atoms with Gasteiger partial charge in [-0.15, -0.1) is 0 Å². The molecule has 4 aromatic rings. The van der Waals surface area contributed by atoms with Gasteiger partial charge in [-0.1, -0.05) is 18.2 Å². The summed E-state index contributed by atoms with van der Waals surface area (Å²) in [6.07, 6.45) is 0. The molecule has 2 aromatic heterocycles.